The Morgan fingerprint density at radius 2 is 1.77 bits per heavy atom. The van der Waals surface area contributed by atoms with E-state index in [0.717, 1.165) is 41.6 Å². The molecule has 31 heavy (non-hydrogen) atoms. The van der Waals surface area contributed by atoms with Crippen molar-refractivity contribution in [3.8, 4) is 11.1 Å². The van der Waals surface area contributed by atoms with Gasteiger partial charge in [0.05, 0.1) is 18.2 Å². The molecule has 0 spiro atoms. The van der Waals surface area contributed by atoms with Crippen molar-refractivity contribution < 1.29 is 9.59 Å². The van der Waals surface area contributed by atoms with E-state index in [1.165, 1.54) is 0 Å². The minimum atomic E-state index is -0.481. The summed E-state index contributed by atoms with van der Waals surface area (Å²) in [5, 5.41) is 0. The van der Waals surface area contributed by atoms with Gasteiger partial charge in [0.1, 0.15) is 0 Å². The van der Waals surface area contributed by atoms with Gasteiger partial charge < -0.3 is 16.4 Å². The van der Waals surface area contributed by atoms with Gasteiger partial charge in [0.2, 0.25) is 17.8 Å². The smallest absolute Gasteiger partial charge is 0.248 e. The van der Waals surface area contributed by atoms with E-state index < -0.39 is 5.91 Å². The first-order valence-electron chi connectivity index (χ1n) is 10.4. The number of anilines is 1. The Morgan fingerprint density at radius 1 is 1.03 bits per heavy atom. The maximum absolute atomic E-state index is 13.2. The Balaban J connectivity index is 1.68. The summed E-state index contributed by atoms with van der Waals surface area (Å²) in [6.45, 7) is 0.681. The molecule has 3 aromatic rings. The van der Waals surface area contributed by atoms with Crippen LogP contribution in [0.15, 0.2) is 60.8 Å². The first kappa shape index (κ1) is 20.5. The van der Waals surface area contributed by atoms with Crippen LogP contribution in [0.1, 0.15) is 46.9 Å². The van der Waals surface area contributed by atoms with Crippen LogP contribution in [0, 0.1) is 0 Å². The summed E-state index contributed by atoms with van der Waals surface area (Å²) in [5.41, 5.74) is 15.1. The van der Waals surface area contributed by atoms with Gasteiger partial charge in [0.15, 0.2) is 0 Å². The molecule has 1 aromatic heterocycles. The molecular formula is C24H25N5O2. The van der Waals surface area contributed by atoms with Crippen LogP contribution in [-0.4, -0.2) is 33.2 Å². The molecule has 158 valence electrons. The van der Waals surface area contributed by atoms with Gasteiger partial charge >= 0.3 is 0 Å². The summed E-state index contributed by atoms with van der Waals surface area (Å²) in [6.07, 6.45) is 4.80. The number of amides is 2. The zero-order chi connectivity index (χ0) is 21.8. The van der Waals surface area contributed by atoms with E-state index in [2.05, 4.69) is 9.97 Å². The number of hydrogen-bond acceptors (Lipinski definition) is 5. The standard InChI is InChI=1S/C24H25N5O2/c25-23(31)18-11-9-17(10-12-18)19-15-27-24(26)28-22(19)20-8-4-5-13-29(20)21(30)14-16-6-2-1-3-7-16/h1-3,6-7,9-12,15,20H,4-5,8,13-14H2,(H2,25,31)(H2,26,27,28). The van der Waals surface area contributed by atoms with Crippen LogP contribution in [0.2, 0.25) is 0 Å². The lowest BCUT2D eigenvalue weighted by atomic mass is 9.93. The molecule has 0 radical (unpaired) electrons. The highest BCUT2D eigenvalue weighted by Crippen LogP contribution is 2.36. The molecule has 1 aliphatic heterocycles. The molecule has 0 saturated carbocycles. The Morgan fingerprint density at radius 3 is 2.48 bits per heavy atom. The molecule has 1 saturated heterocycles. The highest BCUT2D eigenvalue weighted by atomic mass is 16.2. The summed E-state index contributed by atoms with van der Waals surface area (Å²) in [6, 6.07) is 16.6. The van der Waals surface area contributed by atoms with Gasteiger partial charge in [-0.3, -0.25) is 9.59 Å². The molecule has 7 heteroatoms. The molecule has 2 amide bonds. The fraction of sp³-hybridized carbons (Fsp3) is 0.250. The number of aromatic nitrogens is 2. The molecule has 2 aromatic carbocycles. The molecule has 7 nitrogen and oxygen atoms in total. The fourth-order valence-corrected chi connectivity index (χ4v) is 4.09. The maximum atomic E-state index is 13.2. The van der Waals surface area contributed by atoms with Crippen molar-refractivity contribution in [2.45, 2.75) is 31.7 Å². The van der Waals surface area contributed by atoms with Crippen molar-refractivity contribution in [2.75, 3.05) is 12.3 Å². The van der Waals surface area contributed by atoms with Gasteiger partial charge in [-0.2, -0.15) is 0 Å². The van der Waals surface area contributed by atoms with Crippen molar-refractivity contribution in [1.82, 2.24) is 14.9 Å². The average molecular weight is 415 g/mol. The number of nitrogens with two attached hydrogens (primary N) is 2. The molecule has 4 rings (SSSR count). The van der Waals surface area contributed by atoms with Gasteiger partial charge in [0, 0.05) is 23.9 Å². The van der Waals surface area contributed by atoms with Crippen LogP contribution in [0.5, 0.6) is 0 Å². The van der Waals surface area contributed by atoms with E-state index in [1.807, 2.05) is 47.4 Å². The first-order chi connectivity index (χ1) is 15.0. The second kappa shape index (κ2) is 8.95. The van der Waals surface area contributed by atoms with Crippen LogP contribution in [0.25, 0.3) is 11.1 Å². The number of primary amides is 1. The number of rotatable bonds is 5. The molecule has 1 fully saturated rings. The zero-order valence-corrected chi connectivity index (χ0v) is 17.2. The number of carbonyl (C=O) groups is 2. The van der Waals surface area contributed by atoms with Crippen molar-refractivity contribution in [3.63, 3.8) is 0 Å². The SMILES string of the molecule is NC(=O)c1ccc(-c2cnc(N)nc2C2CCCCN2C(=O)Cc2ccccc2)cc1. The second-order valence-corrected chi connectivity index (χ2v) is 7.73. The van der Waals surface area contributed by atoms with E-state index in [9.17, 15) is 9.59 Å². The summed E-state index contributed by atoms with van der Waals surface area (Å²) in [4.78, 5) is 35.3. The van der Waals surface area contributed by atoms with Gasteiger partial charge in [-0.15, -0.1) is 0 Å². The predicted molar refractivity (Wildman–Crippen MR) is 119 cm³/mol. The van der Waals surface area contributed by atoms with Gasteiger partial charge in [-0.1, -0.05) is 42.5 Å². The lowest BCUT2D eigenvalue weighted by Gasteiger charge is -2.36. The molecule has 2 heterocycles. The van der Waals surface area contributed by atoms with Crippen LogP contribution in [-0.2, 0) is 11.2 Å². The minimum Gasteiger partial charge on any atom is -0.368 e. The molecule has 1 aliphatic rings. The highest BCUT2D eigenvalue weighted by Gasteiger charge is 2.31. The summed E-state index contributed by atoms with van der Waals surface area (Å²) in [5.74, 6) is -0.234. The van der Waals surface area contributed by atoms with E-state index in [4.69, 9.17) is 11.5 Å². The number of nitrogens with zero attached hydrogens (tertiary/aromatic N) is 3. The van der Waals surface area contributed by atoms with Gasteiger partial charge in [-0.25, -0.2) is 9.97 Å². The fourth-order valence-electron chi connectivity index (χ4n) is 4.09. The monoisotopic (exact) mass is 415 g/mol. The van der Waals surface area contributed by atoms with Gasteiger partial charge in [-0.05, 0) is 42.5 Å². The van der Waals surface area contributed by atoms with Crippen LogP contribution in [0.3, 0.4) is 0 Å². The molecule has 1 unspecified atom stereocenters. The number of carbonyl (C=O) groups excluding carboxylic acids is 2. The van der Waals surface area contributed by atoms with Crippen molar-refractivity contribution in [3.05, 3.63) is 77.6 Å². The first-order valence-corrected chi connectivity index (χ1v) is 10.4. The quantitative estimate of drug-likeness (QED) is 0.664. The summed E-state index contributed by atoms with van der Waals surface area (Å²) >= 11 is 0. The molecule has 0 bridgehead atoms. The Labute approximate surface area is 181 Å². The average Bonchev–Trinajstić information content (AvgIpc) is 2.80. The number of likely N-dealkylation sites (tertiary alicyclic amines) is 1. The summed E-state index contributed by atoms with van der Waals surface area (Å²) in [7, 11) is 0. The topological polar surface area (TPSA) is 115 Å². The normalized spacial score (nSPS) is 16.1. The number of hydrogen-bond donors (Lipinski definition) is 2. The third-order valence-corrected chi connectivity index (χ3v) is 5.65. The molecule has 0 aliphatic carbocycles. The van der Waals surface area contributed by atoms with E-state index in [1.54, 1.807) is 18.3 Å². The van der Waals surface area contributed by atoms with Crippen molar-refractivity contribution in [2.24, 2.45) is 5.73 Å². The predicted octanol–water partition coefficient (Wildman–Crippen LogP) is 3.12. The van der Waals surface area contributed by atoms with E-state index in [0.29, 0.717) is 18.5 Å². The Hall–Kier alpha value is -3.74. The molecular weight excluding hydrogens is 390 g/mol. The lowest BCUT2D eigenvalue weighted by Crippen LogP contribution is -2.40. The van der Waals surface area contributed by atoms with E-state index >= 15 is 0 Å². The highest BCUT2D eigenvalue weighted by molar-refractivity contribution is 5.93. The second-order valence-electron chi connectivity index (χ2n) is 7.73. The number of benzene rings is 2. The molecule has 1 atom stereocenters. The van der Waals surface area contributed by atoms with Crippen molar-refractivity contribution >= 4 is 17.8 Å². The van der Waals surface area contributed by atoms with Crippen LogP contribution in [0.4, 0.5) is 5.95 Å². The van der Waals surface area contributed by atoms with E-state index in [-0.39, 0.29) is 17.9 Å². The minimum absolute atomic E-state index is 0.0723. The largest absolute Gasteiger partial charge is 0.368 e. The Bertz CT molecular complexity index is 1080. The molecule has 4 N–H and O–H groups in total. The van der Waals surface area contributed by atoms with Crippen molar-refractivity contribution in [1.29, 1.82) is 0 Å². The van der Waals surface area contributed by atoms with Crippen LogP contribution < -0.4 is 11.5 Å². The summed E-state index contributed by atoms with van der Waals surface area (Å²) < 4.78 is 0. The third-order valence-electron chi connectivity index (χ3n) is 5.65. The number of piperidine rings is 1. The zero-order valence-electron chi connectivity index (χ0n) is 17.2. The lowest BCUT2D eigenvalue weighted by molar-refractivity contribution is -0.134. The third kappa shape index (κ3) is 4.55. The Kier molecular flexibility index (Phi) is 5.93. The maximum Gasteiger partial charge on any atom is 0.248 e. The van der Waals surface area contributed by atoms with Crippen LogP contribution >= 0.6 is 0 Å². The number of nitrogen functional groups attached to an aromatic ring is 1. The van der Waals surface area contributed by atoms with Gasteiger partial charge in [0.25, 0.3) is 0 Å².